The largest absolute Gasteiger partial charge is 0.329 e. The maximum Gasteiger partial charge on any atom is 0.257 e. The summed E-state index contributed by atoms with van der Waals surface area (Å²) in [6, 6.07) is 8.08. The van der Waals surface area contributed by atoms with Crippen LogP contribution in [0.25, 0.3) is 0 Å². The number of nitrogens with zero attached hydrogens (tertiary/aromatic N) is 1. The van der Waals surface area contributed by atoms with Crippen molar-refractivity contribution in [1.29, 1.82) is 0 Å². The van der Waals surface area contributed by atoms with Crippen LogP contribution in [-0.4, -0.2) is 17.3 Å². The second-order valence-corrected chi connectivity index (χ2v) is 4.06. The molecule has 96 valence electrons. The van der Waals surface area contributed by atoms with Crippen molar-refractivity contribution in [3.05, 3.63) is 53.3 Å². The Morgan fingerprint density at radius 3 is 2.79 bits per heavy atom. The molecule has 0 unspecified atom stereocenters. The lowest BCUT2D eigenvalue weighted by molar-refractivity contribution is -0.105. The molecule has 0 bridgehead atoms. The molecule has 2 N–H and O–H groups in total. The fourth-order valence-corrected chi connectivity index (χ4v) is 1.70. The smallest absolute Gasteiger partial charge is 0.257 e. The second-order valence-electron chi connectivity index (χ2n) is 3.65. The van der Waals surface area contributed by atoms with Gasteiger partial charge in [-0.05, 0) is 30.3 Å². The number of nitrogens with one attached hydrogen (secondary N) is 2. The molecule has 6 heteroatoms. The normalized spacial score (nSPS) is 9.74. The first-order valence-electron chi connectivity index (χ1n) is 5.42. The van der Waals surface area contributed by atoms with Gasteiger partial charge in [0.25, 0.3) is 5.91 Å². The van der Waals surface area contributed by atoms with E-state index in [1.165, 1.54) is 12.3 Å². The quantitative estimate of drug-likeness (QED) is 0.843. The van der Waals surface area contributed by atoms with Crippen molar-refractivity contribution in [3.63, 3.8) is 0 Å². The number of rotatable bonds is 4. The first-order valence-corrected chi connectivity index (χ1v) is 5.79. The highest BCUT2D eigenvalue weighted by Gasteiger charge is 2.11. The van der Waals surface area contributed by atoms with Crippen LogP contribution in [0.4, 0.5) is 11.4 Å². The number of carbonyl (C=O) groups is 2. The number of hydrogen-bond acceptors (Lipinski definition) is 3. The summed E-state index contributed by atoms with van der Waals surface area (Å²) in [6.45, 7) is 0. The summed E-state index contributed by atoms with van der Waals surface area (Å²) in [6.07, 6.45) is 3.67. The van der Waals surface area contributed by atoms with Crippen molar-refractivity contribution in [2.75, 3.05) is 10.6 Å². The summed E-state index contributed by atoms with van der Waals surface area (Å²) in [5.41, 5.74) is 1.34. The highest BCUT2D eigenvalue weighted by Crippen LogP contribution is 2.21. The molecule has 0 aliphatic rings. The van der Waals surface area contributed by atoms with Crippen LogP contribution in [-0.2, 0) is 4.79 Å². The van der Waals surface area contributed by atoms with Crippen molar-refractivity contribution in [1.82, 2.24) is 4.98 Å². The zero-order chi connectivity index (χ0) is 13.7. The zero-order valence-electron chi connectivity index (χ0n) is 9.76. The van der Waals surface area contributed by atoms with Gasteiger partial charge in [0.1, 0.15) is 0 Å². The van der Waals surface area contributed by atoms with Gasteiger partial charge in [-0.3, -0.25) is 14.6 Å². The van der Waals surface area contributed by atoms with E-state index in [0.717, 1.165) is 0 Å². The topological polar surface area (TPSA) is 71.1 Å². The highest BCUT2D eigenvalue weighted by atomic mass is 35.5. The Hall–Kier alpha value is -2.40. The molecule has 0 aliphatic heterocycles. The molecule has 2 aromatic rings. The molecule has 0 aliphatic carbocycles. The molecule has 0 saturated heterocycles. The fraction of sp³-hybridized carbons (Fsp3) is 0. The number of benzene rings is 1. The van der Waals surface area contributed by atoms with E-state index in [4.69, 9.17) is 11.6 Å². The number of hydrogen-bond donors (Lipinski definition) is 2. The Kier molecular flexibility index (Phi) is 4.10. The molecule has 0 spiro atoms. The molecule has 19 heavy (non-hydrogen) atoms. The third kappa shape index (κ3) is 3.29. The summed E-state index contributed by atoms with van der Waals surface area (Å²) in [5, 5.41) is 5.43. The van der Waals surface area contributed by atoms with Crippen LogP contribution in [0.2, 0.25) is 5.02 Å². The Balaban J connectivity index is 2.23. The van der Waals surface area contributed by atoms with Gasteiger partial charge in [-0.1, -0.05) is 11.6 Å². The predicted molar refractivity (Wildman–Crippen MR) is 73.3 cm³/mol. The number of aromatic nitrogens is 1. The summed E-state index contributed by atoms with van der Waals surface area (Å²) in [7, 11) is 0. The summed E-state index contributed by atoms with van der Waals surface area (Å²) < 4.78 is 0. The highest BCUT2D eigenvalue weighted by molar-refractivity contribution is 6.34. The number of carbonyl (C=O) groups excluding carboxylic acids is 2. The van der Waals surface area contributed by atoms with Gasteiger partial charge in [0.2, 0.25) is 6.41 Å². The Labute approximate surface area is 114 Å². The molecule has 2 amide bonds. The third-order valence-electron chi connectivity index (χ3n) is 2.36. The lowest BCUT2D eigenvalue weighted by atomic mass is 10.2. The molecule has 0 saturated carbocycles. The average Bonchev–Trinajstić information content (AvgIpc) is 2.42. The standard InChI is InChI=1S/C13H10ClN3O2/c14-12-4-3-9(16-8-18)6-11(12)13(19)17-10-2-1-5-15-7-10/h1-8H,(H,16,18)(H,17,19). The maximum absolute atomic E-state index is 12.1. The van der Waals surface area contributed by atoms with Crippen LogP contribution in [0.3, 0.4) is 0 Å². The van der Waals surface area contributed by atoms with Gasteiger partial charge >= 0.3 is 0 Å². The van der Waals surface area contributed by atoms with Crippen LogP contribution < -0.4 is 10.6 Å². The van der Waals surface area contributed by atoms with Crippen molar-refractivity contribution < 1.29 is 9.59 Å². The summed E-state index contributed by atoms with van der Waals surface area (Å²) in [5.74, 6) is -0.368. The van der Waals surface area contributed by atoms with Crippen molar-refractivity contribution in [2.45, 2.75) is 0 Å². The molecule has 5 nitrogen and oxygen atoms in total. The van der Waals surface area contributed by atoms with Gasteiger partial charge < -0.3 is 10.6 Å². The van der Waals surface area contributed by atoms with Crippen LogP contribution in [0.15, 0.2) is 42.7 Å². The van der Waals surface area contributed by atoms with Crippen LogP contribution >= 0.6 is 11.6 Å². The molecule has 2 rings (SSSR count). The van der Waals surface area contributed by atoms with E-state index in [1.54, 1.807) is 30.5 Å². The van der Waals surface area contributed by atoms with Gasteiger partial charge in [-0.2, -0.15) is 0 Å². The molecular weight excluding hydrogens is 266 g/mol. The van der Waals surface area contributed by atoms with E-state index in [9.17, 15) is 9.59 Å². The molecule has 1 aromatic heterocycles. The van der Waals surface area contributed by atoms with Crippen LogP contribution in [0.5, 0.6) is 0 Å². The van der Waals surface area contributed by atoms with Gasteiger partial charge in [0.05, 0.1) is 22.5 Å². The Bertz CT molecular complexity index is 602. The Morgan fingerprint density at radius 1 is 1.26 bits per heavy atom. The van der Waals surface area contributed by atoms with Gasteiger partial charge in [0.15, 0.2) is 0 Å². The van der Waals surface area contributed by atoms with Gasteiger partial charge in [-0.15, -0.1) is 0 Å². The molecule has 1 aromatic carbocycles. The van der Waals surface area contributed by atoms with Crippen molar-refractivity contribution in [3.8, 4) is 0 Å². The van der Waals surface area contributed by atoms with E-state index < -0.39 is 0 Å². The number of pyridine rings is 1. The number of anilines is 2. The zero-order valence-corrected chi connectivity index (χ0v) is 10.5. The van der Waals surface area contributed by atoms with Crippen LogP contribution in [0.1, 0.15) is 10.4 Å². The minimum absolute atomic E-state index is 0.275. The van der Waals surface area contributed by atoms with Crippen LogP contribution in [0, 0.1) is 0 Å². The molecule has 0 fully saturated rings. The first-order chi connectivity index (χ1) is 9.20. The fourth-order valence-electron chi connectivity index (χ4n) is 1.49. The van der Waals surface area contributed by atoms with Gasteiger partial charge in [0, 0.05) is 11.9 Å². The minimum Gasteiger partial charge on any atom is -0.329 e. The van der Waals surface area contributed by atoms with E-state index in [1.807, 2.05) is 0 Å². The number of amides is 2. The molecule has 1 heterocycles. The lowest BCUT2D eigenvalue weighted by Gasteiger charge is -2.08. The van der Waals surface area contributed by atoms with Crippen molar-refractivity contribution >= 4 is 35.3 Å². The third-order valence-corrected chi connectivity index (χ3v) is 2.69. The van der Waals surface area contributed by atoms with E-state index in [2.05, 4.69) is 15.6 Å². The maximum atomic E-state index is 12.1. The predicted octanol–water partition coefficient (Wildman–Crippen LogP) is 2.56. The minimum atomic E-state index is -0.368. The SMILES string of the molecule is O=CNc1ccc(Cl)c(C(=O)Nc2cccnc2)c1. The van der Waals surface area contributed by atoms with Gasteiger partial charge in [-0.25, -0.2) is 0 Å². The molecular formula is C13H10ClN3O2. The van der Waals surface area contributed by atoms with Crippen molar-refractivity contribution in [2.24, 2.45) is 0 Å². The van der Waals surface area contributed by atoms with E-state index >= 15 is 0 Å². The first kappa shape index (κ1) is 13.0. The molecule has 0 atom stereocenters. The van der Waals surface area contributed by atoms with E-state index in [-0.39, 0.29) is 11.5 Å². The number of halogens is 1. The summed E-state index contributed by atoms with van der Waals surface area (Å²) in [4.78, 5) is 26.3. The Morgan fingerprint density at radius 2 is 2.11 bits per heavy atom. The monoisotopic (exact) mass is 275 g/mol. The lowest BCUT2D eigenvalue weighted by Crippen LogP contribution is -2.13. The second kappa shape index (κ2) is 5.97. The average molecular weight is 276 g/mol. The molecule has 0 radical (unpaired) electrons. The summed E-state index contributed by atoms with van der Waals surface area (Å²) >= 11 is 5.96. The van der Waals surface area contributed by atoms with E-state index in [0.29, 0.717) is 22.8 Å².